The second-order valence-electron chi connectivity index (χ2n) is 6.02. The standard InChI is InChI=1S/C16H22N2O2/c17-14-8-7-12(19)10-13(14)16(20)18-9-3-5-11-4-1-2-6-15(11)18/h7-8,10-11,15,19H,1-6,9,17H2. The number of fused-ring (bicyclic) bond motifs is 1. The van der Waals surface area contributed by atoms with Crippen LogP contribution in [0.4, 0.5) is 5.69 Å². The van der Waals surface area contributed by atoms with E-state index in [0.29, 0.717) is 23.2 Å². The number of aromatic hydroxyl groups is 1. The van der Waals surface area contributed by atoms with E-state index in [2.05, 4.69) is 0 Å². The molecule has 1 aromatic carbocycles. The van der Waals surface area contributed by atoms with Gasteiger partial charge in [0.2, 0.25) is 0 Å². The Hall–Kier alpha value is -1.71. The van der Waals surface area contributed by atoms with E-state index in [1.54, 1.807) is 6.07 Å². The number of rotatable bonds is 1. The SMILES string of the molecule is Nc1ccc(O)cc1C(=O)N1CCCC2CCCCC21. The number of benzene rings is 1. The molecule has 4 nitrogen and oxygen atoms in total. The van der Waals surface area contributed by atoms with Crippen molar-refractivity contribution in [3.63, 3.8) is 0 Å². The average molecular weight is 274 g/mol. The summed E-state index contributed by atoms with van der Waals surface area (Å²) in [4.78, 5) is 14.8. The van der Waals surface area contributed by atoms with Crippen LogP contribution in [0.3, 0.4) is 0 Å². The maximum Gasteiger partial charge on any atom is 0.256 e. The fourth-order valence-corrected chi connectivity index (χ4v) is 3.76. The summed E-state index contributed by atoms with van der Waals surface area (Å²) in [5, 5.41) is 9.59. The van der Waals surface area contributed by atoms with Crippen LogP contribution in [0.25, 0.3) is 0 Å². The van der Waals surface area contributed by atoms with E-state index in [-0.39, 0.29) is 11.7 Å². The number of nitrogens with two attached hydrogens (primary N) is 1. The minimum Gasteiger partial charge on any atom is -0.508 e. The van der Waals surface area contributed by atoms with E-state index in [4.69, 9.17) is 5.73 Å². The topological polar surface area (TPSA) is 66.6 Å². The molecule has 0 spiro atoms. The van der Waals surface area contributed by atoms with Gasteiger partial charge in [0.05, 0.1) is 5.56 Å². The van der Waals surface area contributed by atoms with Crippen LogP contribution < -0.4 is 5.73 Å². The van der Waals surface area contributed by atoms with Crippen LogP contribution in [0, 0.1) is 5.92 Å². The fraction of sp³-hybridized carbons (Fsp3) is 0.562. The molecule has 0 bridgehead atoms. The first kappa shape index (κ1) is 13.3. The van der Waals surface area contributed by atoms with Gasteiger partial charge in [-0.25, -0.2) is 0 Å². The van der Waals surface area contributed by atoms with Gasteiger partial charge in [0.1, 0.15) is 5.75 Å². The molecular weight excluding hydrogens is 252 g/mol. The number of likely N-dealkylation sites (tertiary alicyclic amines) is 1. The minimum atomic E-state index is -0.0185. The van der Waals surface area contributed by atoms with E-state index < -0.39 is 0 Å². The van der Waals surface area contributed by atoms with Crippen LogP contribution >= 0.6 is 0 Å². The van der Waals surface area contributed by atoms with Crippen molar-refractivity contribution in [2.45, 2.75) is 44.6 Å². The van der Waals surface area contributed by atoms with E-state index in [1.165, 1.54) is 37.8 Å². The number of hydrogen-bond acceptors (Lipinski definition) is 3. The summed E-state index contributed by atoms with van der Waals surface area (Å²) in [5.41, 5.74) is 6.80. The van der Waals surface area contributed by atoms with Gasteiger partial charge in [0.25, 0.3) is 5.91 Å². The number of phenolic OH excluding ortho intramolecular Hbond substituents is 1. The van der Waals surface area contributed by atoms with Crippen molar-refractivity contribution in [2.75, 3.05) is 12.3 Å². The molecule has 3 N–H and O–H groups in total. The molecule has 2 unspecified atom stereocenters. The Kier molecular flexibility index (Phi) is 3.55. The molecule has 1 aliphatic carbocycles. The summed E-state index contributed by atoms with van der Waals surface area (Å²) in [6, 6.07) is 4.98. The number of anilines is 1. The van der Waals surface area contributed by atoms with Crippen molar-refractivity contribution < 1.29 is 9.90 Å². The number of nitrogens with zero attached hydrogens (tertiary/aromatic N) is 1. The minimum absolute atomic E-state index is 0.0185. The normalized spacial score (nSPS) is 26.1. The molecule has 108 valence electrons. The van der Waals surface area contributed by atoms with Crippen LogP contribution in [0.1, 0.15) is 48.9 Å². The van der Waals surface area contributed by atoms with Gasteiger partial charge in [-0.1, -0.05) is 12.8 Å². The number of piperidine rings is 1. The Morgan fingerprint density at radius 2 is 1.95 bits per heavy atom. The van der Waals surface area contributed by atoms with Crippen molar-refractivity contribution in [3.8, 4) is 5.75 Å². The zero-order chi connectivity index (χ0) is 14.1. The summed E-state index contributed by atoms with van der Waals surface area (Å²) in [5.74, 6) is 0.731. The first-order valence-corrected chi connectivity index (χ1v) is 7.56. The molecule has 20 heavy (non-hydrogen) atoms. The number of nitrogen functional groups attached to an aromatic ring is 1. The molecule has 1 saturated carbocycles. The summed E-state index contributed by atoms with van der Waals surface area (Å²) in [7, 11) is 0. The van der Waals surface area contributed by atoms with Crippen LogP contribution in [-0.2, 0) is 0 Å². The lowest BCUT2D eigenvalue weighted by molar-refractivity contribution is 0.0391. The smallest absolute Gasteiger partial charge is 0.256 e. The summed E-state index contributed by atoms with van der Waals surface area (Å²) >= 11 is 0. The molecule has 1 saturated heterocycles. The van der Waals surface area contributed by atoms with Crippen molar-refractivity contribution in [2.24, 2.45) is 5.92 Å². The van der Waals surface area contributed by atoms with Crippen molar-refractivity contribution in [1.29, 1.82) is 0 Å². The molecule has 1 aliphatic heterocycles. The van der Waals surface area contributed by atoms with Gasteiger partial charge in [-0.3, -0.25) is 4.79 Å². The number of hydrogen-bond donors (Lipinski definition) is 2. The quantitative estimate of drug-likeness (QED) is 0.611. The first-order valence-electron chi connectivity index (χ1n) is 7.56. The molecular formula is C16H22N2O2. The first-order chi connectivity index (χ1) is 9.66. The molecule has 1 heterocycles. The van der Waals surface area contributed by atoms with Crippen LogP contribution in [0.15, 0.2) is 18.2 Å². The van der Waals surface area contributed by atoms with E-state index >= 15 is 0 Å². The second kappa shape index (κ2) is 5.35. The summed E-state index contributed by atoms with van der Waals surface area (Å²) in [6.07, 6.45) is 7.16. The van der Waals surface area contributed by atoms with Gasteiger partial charge in [-0.2, -0.15) is 0 Å². The molecule has 4 heteroatoms. The molecule has 1 aromatic rings. The Morgan fingerprint density at radius 3 is 2.80 bits per heavy atom. The highest BCUT2D eigenvalue weighted by Crippen LogP contribution is 2.36. The van der Waals surface area contributed by atoms with Crippen molar-refractivity contribution >= 4 is 11.6 Å². The lowest BCUT2D eigenvalue weighted by Gasteiger charge is -2.44. The van der Waals surface area contributed by atoms with E-state index in [1.807, 2.05) is 4.90 Å². The lowest BCUT2D eigenvalue weighted by atomic mass is 9.78. The molecule has 0 aromatic heterocycles. The third-order valence-corrected chi connectivity index (χ3v) is 4.77. The summed E-state index contributed by atoms with van der Waals surface area (Å²) < 4.78 is 0. The lowest BCUT2D eigenvalue weighted by Crippen LogP contribution is -2.49. The molecule has 0 radical (unpaired) electrons. The predicted octanol–water partition coefficient (Wildman–Crippen LogP) is 2.77. The number of carbonyl (C=O) groups excluding carboxylic acids is 1. The summed E-state index contributed by atoms with van der Waals surface area (Å²) in [6.45, 7) is 0.815. The van der Waals surface area contributed by atoms with Gasteiger partial charge in [0, 0.05) is 18.3 Å². The average Bonchev–Trinajstić information content (AvgIpc) is 2.48. The van der Waals surface area contributed by atoms with Crippen molar-refractivity contribution in [1.82, 2.24) is 4.90 Å². The van der Waals surface area contributed by atoms with E-state index in [0.717, 1.165) is 19.4 Å². The van der Waals surface area contributed by atoms with E-state index in [9.17, 15) is 9.90 Å². The zero-order valence-electron chi connectivity index (χ0n) is 11.7. The van der Waals surface area contributed by atoms with Crippen LogP contribution in [0.2, 0.25) is 0 Å². The van der Waals surface area contributed by atoms with Crippen molar-refractivity contribution in [3.05, 3.63) is 23.8 Å². The van der Waals surface area contributed by atoms with Gasteiger partial charge in [0.15, 0.2) is 0 Å². The third kappa shape index (κ3) is 2.35. The van der Waals surface area contributed by atoms with Crippen LogP contribution in [-0.4, -0.2) is 28.5 Å². The Balaban J connectivity index is 1.87. The molecule has 1 amide bonds. The third-order valence-electron chi connectivity index (χ3n) is 4.77. The zero-order valence-corrected chi connectivity index (χ0v) is 11.7. The Labute approximate surface area is 119 Å². The second-order valence-corrected chi connectivity index (χ2v) is 6.02. The largest absolute Gasteiger partial charge is 0.508 e. The predicted molar refractivity (Wildman–Crippen MR) is 78.5 cm³/mol. The monoisotopic (exact) mass is 274 g/mol. The highest BCUT2D eigenvalue weighted by molar-refractivity contribution is 5.99. The molecule has 3 rings (SSSR count). The Bertz CT molecular complexity index is 513. The maximum absolute atomic E-state index is 12.8. The number of carbonyl (C=O) groups is 1. The highest BCUT2D eigenvalue weighted by Gasteiger charge is 2.36. The van der Waals surface area contributed by atoms with Gasteiger partial charge in [-0.15, -0.1) is 0 Å². The van der Waals surface area contributed by atoms with Crippen LogP contribution in [0.5, 0.6) is 5.75 Å². The number of amides is 1. The fourth-order valence-electron chi connectivity index (χ4n) is 3.76. The van der Waals surface area contributed by atoms with Gasteiger partial charge in [-0.05, 0) is 49.8 Å². The molecule has 2 atom stereocenters. The Morgan fingerprint density at radius 1 is 1.20 bits per heavy atom. The van der Waals surface area contributed by atoms with Gasteiger partial charge < -0.3 is 15.7 Å². The molecule has 2 aliphatic rings. The van der Waals surface area contributed by atoms with Gasteiger partial charge >= 0.3 is 0 Å². The molecule has 2 fully saturated rings. The number of phenols is 1. The maximum atomic E-state index is 12.8. The highest BCUT2D eigenvalue weighted by atomic mass is 16.3.